The second-order valence-electron chi connectivity index (χ2n) is 2.53. The molecule has 2 N–H and O–H groups in total. The summed E-state index contributed by atoms with van der Waals surface area (Å²) in [6, 6.07) is 4.41. The molecule has 14 heavy (non-hydrogen) atoms. The van der Waals surface area contributed by atoms with E-state index in [1.54, 1.807) is 6.07 Å². The summed E-state index contributed by atoms with van der Waals surface area (Å²) in [7, 11) is 0. The number of nitrogens with one attached hydrogen (secondary N) is 1. The van der Waals surface area contributed by atoms with E-state index in [0.29, 0.717) is 11.6 Å². The Kier molecular flexibility index (Phi) is 4.35. The van der Waals surface area contributed by atoms with Gasteiger partial charge in [0.15, 0.2) is 0 Å². The maximum absolute atomic E-state index is 13.1. The SMILES string of the molecule is OCCNN=Cc1c(F)cccc1Cl. The number of nitrogens with zero attached hydrogens (tertiary/aromatic N) is 1. The van der Waals surface area contributed by atoms with Gasteiger partial charge in [0, 0.05) is 5.56 Å². The fourth-order valence-electron chi connectivity index (χ4n) is 0.859. The van der Waals surface area contributed by atoms with Gasteiger partial charge in [0.05, 0.1) is 24.4 Å². The maximum Gasteiger partial charge on any atom is 0.133 e. The standard InChI is InChI=1S/C9H10ClFN2O/c10-8-2-1-3-9(11)7(8)6-13-12-4-5-14/h1-3,6,12,14H,4-5H2. The number of aliphatic hydroxyl groups is 1. The molecule has 1 aromatic carbocycles. The molecule has 0 saturated heterocycles. The van der Waals surface area contributed by atoms with Crippen LogP contribution < -0.4 is 5.43 Å². The van der Waals surface area contributed by atoms with Gasteiger partial charge in [-0.05, 0) is 12.1 Å². The first-order chi connectivity index (χ1) is 6.75. The number of hydrogen-bond donors (Lipinski definition) is 2. The van der Waals surface area contributed by atoms with E-state index in [1.807, 2.05) is 0 Å². The lowest BCUT2D eigenvalue weighted by atomic mass is 10.2. The molecule has 0 spiro atoms. The summed E-state index contributed by atoms with van der Waals surface area (Å²) in [4.78, 5) is 0. The molecule has 0 bridgehead atoms. The van der Waals surface area contributed by atoms with Crippen LogP contribution in [0, 0.1) is 5.82 Å². The zero-order chi connectivity index (χ0) is 10.4. The Bertz CT molecular complexity index is 310. The Labute approximate surface area is 86.2 Å². The summed E-state index contributed by atoms with van der Waals surface area (Å²) in [5.41, 5.74) is 2.77. The number of halogens is 2. The summed E-state index contributed by atoms with van der Waals surface area (Å²) in [6.45, 7) is 0.297. The van der Waals surface area contributed by atoms with Gasteiger partial charge >= 0.3 is 0 Å². The summed E-state index contributed by atoms with van der Waals surface area (Å²) < 4.78 is 13.1. The minimum Gasteiger partial charge on any atom is -0.394 e. The largest absolute Gasteiger partial charge is 0.394 e. The zero-order valence-corrected chi connectivity index (χ0v) is 8.13. The molecule has 0 heterocycles. The highest BCUT2D eigenvalue weighted by Crippen LogP contribution is 2.16. The monoisotopic (exact) mass is 216 g/mol. The van der Waals surface area contributed by atoms with Crippen molar-refractivity contribution in [1.82, 2.24) is 5.43 Å². The van der Waals surface area contributed by atoms with Crippen LogP contribution in [0.2, 0.25) is 5.02 Å². The normalized spacial score (nSPS) is 10.8. The van der Waals surface area contributed by atoms with Gasteiger partial charge in [-0.2, -0.15) is 5.10 Å². The third-order valence-corrected chi connectivity index (χ3v) is 1.84. The van der Waals surface area contributed by atoms with Crippen molar-refractivity contribution in [2.75, 3.05) is 13.2 Å². The number of rotatable bonds is 4. The van der Waals surface area contributed by atoms with Gasteiger partial charge in [-0.25, -0.2) is 4.39 Å². The second-order valence-corrected chi connectivity index (χ2v) is 2.93. The fourth-order valence-corrected chi connectivity index (χ4v) is 1.07. The van der Waals surface area contributed by atoms with E-state index < -0.39 is 5.82 Å². The van der Waals surface area contributed by atoms with Crippen molar-refractivity contribution < 1.29 is 9.50 Å². The predicted octanol–water partition coefficient (Wildman–Crippen LogP) is 1.39. The summed E-state index contributed by atoms with van der Waals surface area (Å²) in [5.74, 6) is -0.424. The number of hydrazone groups is 1. The maximum atomic E-state index is 13.1. The van der Waals surface area contributed by atoms with Crippen LogP contribution in [-0.2, 0) is 0 Å². The summed E-state index contributed by atoms with van der Waals surface area (Å²) in [6.07, 6.45) is 1.29. The molecule has 0 aliphatic carbocycles. The Morgan fingerprint density at radius 3 is 3.00 bits per heavy atom. The first-order valence-corrected chi connectivity index (χ1v) is 4.44. The van der Waals surface area contributed by atoms with Gasteiger partial charge in [0.2, 0.25) is 0 Å². The van der Waals surface area contributed by atoms with Crippen molar-refractivity contribution >= 4 is 17.8 Å². The van der Waals surface area contributed by atoms with Gasteiger partial charge in [0.1, 0.15) is 5.82 Å². The Morgan fingerprint density at radius 2 is 2.36 bits per heavy atom. The lowest BCUT2D eigenvalue weighted by Crippen LogP contribution is -2.11. The van der Waals surface area contributed by atoms with Crippen LogP contribution in [0.4, 0.5) is 4.39 Å². The predicted molar refractivity (Wildman–Crippen MR) is 54.1 cm³/mol. The van der Waals surface area contributed by atoms with E-state index in [1.165, 1.54) is 18.3 Å². The third-order valence-electron chi connectivity index (χ3n) is 1.51. The van der Waals surface area contributed by atoms with Crippen molar-refractivity contribution in [3.05, 3.63) is 34.6 Å². The van der Waals surface area contributed by atoms with Crippen LogP contribution in [-0.4, -0.2) is 24.5 Å². The molecule has 0 saturated carbocycles. The highest BCUT2D eigenvalue weighted by Gasteiger charge is 2.02. The number of aliphatic hydroxyl groups excluding tert-OH is 1. The minimum atomic E-state index is -0.424. The van der Waals surface area contributed by atoms with Gasteiger partial charge in [-0.1, -0.05) is 17.7 Å². The minimum absolute atomic E-state index is 0.0255. The molecule has 0 unspecified atom stereocenters. The zero-order valence-electron chi connectivity index (χ0n) is 7.37. The molecule has 1 rings (SSSR count). The molecule has 76 valence electrons. The average molecular weight is 217 g/mol. The smallest absolute Gasteiger partial charge is 0.133 e. The van der Waals surface area contributed by atoms with E-state index >= 15 is 0 Å². The van der Waals surface area contributed by atoms with Crippen LogP contribution in [0.1, 0.15) is 5.56 Å². The van der Waals surface area contributed by atoms with Crippen molar-refractivity contribution in [2.45, 2.75) is 0 Å². The van der Waals surface area contributed by atoms with Crippen molar-refractivity contribution in [3.63, 3.8) is 0 Å². The molecule has 0 aromatic heterocycles. The molecule has 3 nitrogen and oxygen atoms in total. The van der Waals surface area contributed by atoms with Crippen LogP contribution in [0.25, 0.3) is 0 Å². The van der Waals surface area contributed by atoms with E-state index in [9.17, 15) is 4.39 Å². The highest BCUT2D eigenvalue weighted by atomic mass is 35.5. The highest BCUT2D eigenvalue weighted by molar-refractivity contribution is 6.33. The molecule has 1 aromatic rings. The second kappa shape index (κ2) is 5.57. The van der Waals surface area contributed by atoms with Crippen molar-refractivity contribution in [3.8, 4) is 0 Å². The fraction of sp³-hybridized carbons (Fsp3) is 0.222. The molecule has 0 fully saturated rings. The van der Waals surface area contributed by atoms with E-state index in [4.69, 9.17) is 16.7 Å². The Morgan fingerprint density at radius 1 is 1.57 bits per heavy atom. The lowest BCUT2D eigenvalue weighted by molar-refractivity contribution is 0.294. The molecule has 0 aliphatic heterocycles. The van der Waals surface area contributed by atoms with Crippen LogP contribution >= 0.6 is 11.6 Å². The number of hydrogen-bond acceptors (Lipinski definition) is 3. The Hall–Kier alpha value is -1.13. The third kappa shape index (κ3) is 2.97. The molecule has 0 aliphatic rings. The molecule has 0 amide bonds. The van der Waals surface area contributed by atoms with Gasteiger partial charge in [-0.3, -0.25) is 0 Å². The van der Waals surface area contributed by atoms with Crippen LogP contribution in [0.5, 0.6) is 0 Å². The molecule has 0 radical (unpaired) electrons. The molecular weight excluding hydrogens is 207 g/mol. The van der Waals surface area contributed by atoms with Crippen molar-refractivity contribution in [1.29, 1.82) is 0 Å². The van der Waals surface area contributed by atoms with Crippen molar-refractivity contribution in [2.24, 2.45) is 5.10 Å². The lowest BCUT2D eigenvalue weighted by Gasteiger charge is -1.99. The van der Waals surface area contributed by atoms with E-state index in [-0.39, 0.29) is 12.2 Å². The van der Waals surface area contributed by atoms with Gasteiger partial charge in [0.25, 0.3) is 0 Å². The molecular formula is C9H10ClFN2O. The summed E-state index contributed by atoms with van der Waals surface area (Å²) >= 11 is 5.73. The van der Waals surface area contributed by atoms with E-state index in [2.05, 4.69) is 10.5 Å². The van der Waals surface area contributed by atoms with Gasteiger partial charge < -0.3 is 10.5 Å². The summed E-state index contributed by atoms with van der Waals surface area (Å²) in [5, 5.41) is 12.4. The van der Waals surface area contributed by atoms with E-state index in [0.717, 1.165) is 0 Å². The number of benzene rings is 1. The Balaban J connectivity index is 2.70. The topological polar surface area (TPSA) is 44.6 Å². The quantitative estimate of drug-likeness (QED) is 0.454. The first-order valence-electron chi connectivity index (χ1n) is 4.06. The van der Waals surface area contributed by atoms with Gasteiger partial charge in [-0.15, -0.1) is 0 Å². The molecule has 0 atom stereocenters. The average Bonchev–Trinajstić information content (AvgIpc) is 2.16. The van der Waals surface area contributed by atoms with Crippen LogP contribution in [0.15, 0.2) is 23.3 Å². The van der Waals surface area contributed by atoms with Crippen LogP contribution in [0.3, 0.4) is 0 Å². The molecule has 5 heteroatoms. The first kappa shape index (κ1) is 10.9.